The summed E-state index contributed by atoms with van der Waals surface area (Å²) in [6.45, 7) is 5.52. The van der Waals surface area contributed by atoms with Gasteiger partial charge in [0.1, 0.15) is 6.10 Å². The predicted octanol–water partition coefficient (Wildman–Crippen LogP) is 1.99. The summed E-state index contributed by atoms with van der Waals surface area (Å²) in [4.78, 5) is 38.4. The first kappa shape index (κ1) is 25.9. The van der Waals surface area contributed by atoms with Crippen LogP contribution >= 0.6 is 0 Å². The molecule has 35 heavy (non-hydrogen) atoms. The zero-order valence-electron chi connectivity index (χ0n) is 20.3. The van der Waals surface area contributed by atoms with Crippen LogP contribution in [0.5, 0.6) is 0 Å². The molecule has 3 N–H and O–H groups in total. The maximum atomic E-state index is 12.9. The zero-order valence-corrected chi connectivity index (χ0v) is 20.3. The fraction of sp³-hybridized carbons (Fsp3) is 0.346. The van der Waals surface area contributed by atoms with Crippen molar-refractivity contribution in [2.75, 3.05) is 20.7 Å². The lowest BCUT2D eigenvalue weighted by molar-refractivity contribution is -0.148. The maximum absolute atomic E-state index is 12.9. The first-order chi connectivity index (χ1) is 16.5. The van der Waals surface area contributed by atoms with Gasteiger partial charge >= 0.3 is 0 Å². The summed E-state index contributed by atoms with van der Waals surface area (Å²) in [5.74, 6) is 3.20. The average molecular weight is 480 g/mol. The minimum absolute atomic E-state index is 0.107. The van der Waals surface area contributed by atoms with Crippen LogP contribution in [0.3, 0.4) is 0 Å². The van der Waals surface area contributed by atoms with Gasteiger partial charge in [0, 0.05) is 30.8 Å². The number of hydrogen-bond donors (Lipinski definition) is 3. The van der Waals surface area contributed by atoms with E-state index in [9.17, 15) is 14.4 Å². The van der Waals surface area contributed by atoms with E-state index >= 15 is 0 Å². The highest BCUT2D eigenvalue weighted by Gasteiger charge is 2.47. The van der Waals surface area contributed by atoms with E-state index in [4.69, 9.17) is 14.7 Å². The summed E-state index contributed by atoms with van der Waals surface area (Å²) in [5, 5.41) is 11.4. The van der Waals surface area contributed by atoms with E-state index in [1.165, 1.54) is 26.5 Å². The second-order valence-corrected chi connectivity index (χ2v) is 8.72. The van der Waals surface area contributed by atoms with E-state index in [-0.39, 0.29) is 11.7 Å². The lowest BCUT2D eigenvalue weighted by Crippen LogP contribution is -2.64. The third-order valence-electron chi connectivity index (χ3n) is 5.96. The molecule has 0 saturated carbocycles. The number of carbonyl (C=O) groups is 3. The van der Waals surface area contributed by atoms with Crippen LogP contribution in [-0.2, 0) is 19.1 Å². The summed E-state index contributed by atoms with van der Waals surface area (Å²) >= 11 is 0. The number of likely N-dealkylation sites (N-methyl/N-ethyl adjacent to an activating group) is 2. The van der Waals surface area contributed by atoms with Gasteiger partial charge in [0.25, 0.3) is 17.7 Å². The Labute approximate surface area is 204 Å². The van der Waals surface area contributed by atoms with E-state index in [2.05, 4.69) is 17.2 Å². The van der Waals surface area contributed by atoms with E-state index < -0.39 is 29.0 Å². The molecule has 9 nitrogen and oxygen atoms in total. The number of hydroxylamine groups is 1. The number of hydrogen-bond acceptors (Lipinski definition) is 6. The van der Waals surface area contributed by atoms with Crippen LogP contribution < -0.4 is 10.8 Å². The molecule has 0 unspecified atom stereocenters. The molecule has 3 amide bonds. The van der Waals surface area contributed by atoms with Gasteiger partial charge in [-0.2, -0.15) is 0 Å². The van der Waals surface area contributed by atoms with E-state index in [1.807, 2.05) is 38.1 Å². The van der Waals surface area contributed by atoms with Gasteiger partial charge in [0.2, 0.25) is 0 Å². The Balaban J connectivity index is 1.71. The number of carbonyl (C=O) groups excluding carboxylic acids is 3. The molecule has 2 aromatic carbocycles. The highest BCUT2D eigenvalue weighted by atomic mass is 16.7. The largest absolute Gasteiger partial charge is 0.357 e. The molecule has 2 atom stereocenters. The Morgan fingerprint density at radius 1 is 1.03 bits per heavy atom. The lowest BCUT2D eigenvalue weighted by atomic mass is 9.96. The zero-order chi connectivity index (χ0) is 25.8. The van der Waals surface area contributed by atoms with Gasteiger partial charge in [-0.15, -0.1) is 0 Å². The molecule has 0 radical (unpaired) electrons. The van der Waals surface area contributed by atoms with Crippen molar-refractivity contribution in [3.63, 3.8) is 0 Å². The van der Waals surface area contributed by atoms with Crippen LogP contribution in [0, 0.1) is 11.8 Å². The highest BCUT2D eigenvalue weighted by molar-refractivity contribution is 6.12. The number of amides is 3. The van der Waals surface area contributed by atoms with Crippen molar-refractivity contribution >= 4 is 17.7 Å². The van der Waals surface area contributed by atoms with E-state index in [0.29, 0.717) is 12.2 Å². The molecule has 3 rings (SSSR count). The van der Waals surface area contributed by atoms with Gasteiger partial charge in [-0.3, -0.25) is 19.6 Å². The molecule has 1 aliphatic rings. The molecule has 1 fully saturated rings. The topological polar surface area (TPSA) is 117 Å². The molecule has 1 heterocycles. The second-order valence-electron chi connectivity index (χ2n) is 8.72. The van der Waals surface area contributed by atoms with Gasteiger partial charge in [-0.25, -0.2) is 5.48 Å². The molecule has 0 bridgehead atoms. The fourth-order valence-electron chi connectivity index (χ4n) is 3.63. The van der Waals surface area contributed by atoms with Crippen molar-refractivity contribution in [3.8, 4) is 11.8 Å². The van der Waals surface area contributed by atoms with E-state index in [1.54, 1.807) is 24.3 Å². The number of nitrogens with zero attached hydrogens (tertiary/aromatic N) is 1. The Morgan fingerprint density at radius 2 is 1.57 bits per heavy atom. The van der Waals surface area contributed by atoms with Crippen LogP contribution in [0.4, 0.5) is 0 Å². The molecule has 1 aliphatic heterocycles. The summed E-state index contributed by atoms with van der Waals surface area (Å²) in [6, 6.07) is 14.2. The van der Waals surface area contributed by atoms with Gasteiger partial charge in [-0.1, -0.05) is 24.0 Å². The standard InChI is InChI=1S/C26H29N3O6/c1-25(2)34-16-21(35-25)19-12-8-17(9-13-19)6-7-18-10-14-20(15-11-18)22(30)29(5)26(3,23(31)27-4)24(32)28-33/h8-15,21,33H,16H2,1-5H3,(H,27,31)(H,28,32)/t21-,26+/m1/s1. The van der Waals surface area contributed by atoms with Gasteiger partial charge in [0.05, 0.1) is 6.61 Å². The van der Waals surface area contributed by atoms with Crippen molar-refractivity contribution in [1.29, 1.82) is 0 Å². The SMILES string of the molecule is CNC(=O)[C@@](C)(C(=O)NO)N(C)C(=O)c1ccc(C#Cc2ccc([C@H]3COC(C)(C)O3)cc2)cc1. The molecule has 9 heteroatoms. The molecule has 1 saturated heterocycles. The molecule has 184 valence electrons. The molecule has 0 aromatic heterocycles. The quantitative estimate of drug-likeness (QED) is 0.261. The highest BCUT2D eigenvalue weighted by Crippen LogP contribution is 2.32. The number of ether oxygens (including phenoxy) is 2. The predicted molar refractivity (Wildman–Crippen MR) is 127 cm³/mol. The summed E-state index contributed by atoms with van der Waals surface area (Å²) in [5.41, 5.74) is 2.28. The molecule has 2 aromatic rings. The molecule has 0 spiro atoms. The lowest BCUT2D eigenvalue weighted by Gasteiger charge is -2.34. The van der Waals surface area contributed by atoms with Crippen molar-refractivity contribution in [3.05, 3.63) is 70.8 Å². The fourth-order valence-corrected chi connectivity index (χ4v) is 3.63. The van der Waals surface area contributed by atoms with Crippen molar-refractivity contribution < 1.29 is 29.1 Å². The number of rotatable bonds is 5. The summed E-state index contributed by atoms with van der Waals surface area (Å²) in [7, 11) is 2.65. The summed E-state index contributed by atoms with van der Waals surface area (Å²) < 4.78 is 11.5. The normalized spacial score (nSPS) is 17.9. The third kappa shape index (κ3) is 5.52. The van der Waals surface area contributed by atoms with Crippen LogP contribution in [0.25, 0.3) is 0 Å². The third-order valence-corrected chi connectivity index (χ3v) is 5.96. The van der Waals surface area contributed by atoms with Gasteiger partial charge < -0.3 is 19.7 Å². The first-order valence-corrected chi connectivity index (χ1v) is 11.0. The van der Waals surface area contributed by atoms with Crippen molar-refractivity contribution in [1.82, 2.24) is 15.7 Å². The van der Waals surface area contributed by atoms with Crippen molar-refractivity contribution in [2.45, 2.75) is 38.2 Å². The second kappa shape index (κ2) is 10.3. The Bertz CT molecular complexity index is 1150. The Hall–Kier alpha value is -3.71. The minimum Gasteiger partial charge on any atom is -0.357 e. The first-order valence-electron chi connectivity index (χ1n) is 11.0. The Morgan fingerprint density at radius 3 is 2.03 bits per heavy atom. The molecule has 0 aliphatic carbocycles. The van der Waals surface area contributed by atoms with Crippen LogP contribution in [-0.4, -0.2) is 59.9 Å². The van der Waals surface area contributed by atoms with Crippen LogP contribution in [0.1, 0.15) is 53.9 Å². The smallest absolute Gasteiger partial charge is 0.278 e. The number of benzene rings is 2. The molecular formula is C26H29N3O6. The monoisotopic (exact) mass is 479 g/mol. The van der Waals surface area contributed by atoms with Crippen molar-refractivity contribution in [2.24, 2.45) is 0 Å². The van der Waals surface area contributed by atoms with Gasteiger partial charge in [-0.05, 0) is 62.7 Å². The van der Waals surface area contributed by atoms with Crippen LogP contribution in [0.2, 0.25) is 0 Å². The van der Waals surface area contributed by atoms with E-state index in [0.717, 1.165) is 16.0 Å². The maximum Gasteiger partial charge on any atom is 0.278 e. The number of nitrogens with one attached hydrogen (secondary N) is 2. The average Bonchev–Trinajstić information content (AvgIpc) is 3.25. The summed E-state index contributed by atoms with van der Waals surface area (Å²) in [6.07, 6.45) is -0.107. The Kier molecular flexibility index (Phi) is 7.60. The minimum atomic E-state index is -1.95. The van der Waals surface area contributed by atoms with Gasteiger partial charge in [0.15, 0.2) is 11.3 Å². The molecular weight excluding hydrogens is 450 g/mol. The van der Waals surface area contributed by atoms with Crippen LogP contribution in [0.15, 0.2) is 48.5 Å².